The number of ether oxygens (including phenoxy) is 1. The predicted molar refractivity (Wildman–Crippen MR) is 102 cm³/mol. The first-order chi connectivity index (χ1) is 13.0. The van der Waals surface area contributed by atoms with Crippen molar-refractivity contribution in [3.05, 3.63) is 74.6 Å². The summed E-state index contributed by atoms with van der Waals surface area (Å²) in [4.78, 5) is 39.7. The van der Waals surface area contributed by atoms with Gasteiger partial charge in [0.1, 0.15) is 0 Å². The molecule has 27 heavy (non-hydrogen) atoms. The summed E-state index contributed by atoms with van der Waals surface area (Å²) in [5, 5.41) is 4.66. The summed E-state index contributed by atoms with van der Waals surface area (Å²) in [7, 11) is 0. The summed E-state index contributed by atoms with van der Waals surface area (Å²) >= 11 is 1.54. The number of thiophene rings is 1. The number of hydrogen-bond donors (Lipinski definition) is 2. The molecule has 1 atom stereocenters. The third-order valence-corrected chi connectivity index (χ3v) is 4.87. The summed E-state index contributed by atoms with van der Waals surface area (Å²) in [6.45, 7) is 3.73. The van der Waals surface area contributed by atoms with Gasteiger partial charge in [-0.3, -0.25) is 9.36 Å². The molecule has 0 aliphatic rings. The Kier molecular flexibility index (Phi) is 5.56. The molecule has 1 unspecified atom stereocenters. The first kappa shape index (κ1) is 18.7. The monoisotopic (exact) mass is 385 g/mol. The highest BCUT2D eigenvalue weighted by molar-refractivity contribution is 7.09. The van der Waals surface area contributed by atoms with Gasteiger partial charge in [-0.1, -0.05) is 6.07 Å². The number of carbonyl (C=O) groups excluding carboxylic acids is 2. The molecule has 8 heteroatoms. The summed E-state index contributed by atoms with van der Waals surface area (Å²) in [5.41, 5.74) is 1.44. The van der Waals surface area contributed by atoms with Gasteiger partial charge in [-0.25, -0.2) is 9.59 Å². The maximum Gasteiger partial charge on any atom is 0.338 e. The fraction of sp³-hybridized carbons (Fsp3) is 0.211. The largest absolute Gasteiger partial charge is 0.449 e. The zero-order chi connectivity index (χ0) is 19.4. The number of amides is 1. The highest BCUT2D eigenvalue weighted by atomic mass is 32.1. The van der Waals surface area contributed by atoms with Crippen molar-refractivity contribution in [3.8, 4) is 5.69 Å². The molecule has 0 fully saturated rings. The Bertz CT molecular complexity index is 987. The van der Waals surface area contributed by atoms with Gasteiger partial charge in [0.15, 0.2) is 6.10 Å². The lowest BCUT2D eigenvalue weighted by atomic mass is 10.2. The molecule has 2 heterocycles. The maximum atomic E-state index is 12.2. The molecule has 2 N–H and O–H groups in total. The second-order valence-corrected chi connectivity index (χ2v) is 6.99. The molecule has 140 valence electrons. The molecule has 0 bridgehead atoms. The van der Waals surface area contributed by atoms with Crippen molar-refractivity contribution in [3.63, 3.8) is 0 Å². The Morgan fingerprint density at radius 1 is 1.26 bits per heavy atom. The van der Waals surface area contributed by atoms with E-state index in [2.05, 4.69) is 10.3 Å². The van der Waals surface area contributed by atoms with E-state index in [4.69, 9.17) is 4.74 Å². The second-order valence-electron chi connectivity index (χ2n) is 5.96. The Balaban J connectivity index is 1.60. The minimum Gasteiger partial charge on any atom is -0.449 e. The lowest BCUT2D eigenvalue weighted by Gasteiger charge is -2.13. The van der Waals surface area contributed by atoms with Gasteiger partial charge in [0.25, 0.3) is 5.91 Å². The van der Waals surface area contributed by atoms with Gasteiger partial charge < -0.3 is 15.0 Å². The number of esters is 1. The Morgan fingerprint density at radius 3 is 2.59 bits per heavy atom. The second kappa shape index (κ2) is 8.05. The van der Waals surface area contributed by atoms with Crippen LogP contribution in [0.3, 0.4) is 0 Å². The molecule has 3 aromatic rings. The first-order valence-corrected chi connectivity index (χ1v) is 9.22. The lowest BCUT2D eigenvalue weighted by Crippen LogP contribution is -2.35. The van der Waals surface area contributed by atoms with E-state index in [-0.39, 0.29) is 11.6 Å². The Labute approximate surface area is 159 Å². The number of H-pyrrole nitrogens is 1. The molecule has 1 amide bonds. The molecule has 0 saturated heterocycles. The van der Waals surface area contributed by atoms with Crippen LogP contribution in [-0.4, -0.2) is 27.5 Å². The highest BCUT2D eigenvalue weighted by Crippen LogP contribution is 2.12. The number of hydrogen-bond acceptors (Lipinski definition) is 5. The van der Waals surface area contributed by atoms with Crippen LogP contribution < -0.4 is 11.0 Å². The number of aromatic amines is 1. The van der Waals surface area contributed by atoms with Gasteiger partial charge in [0.2, 0.25) is 0 Å². The van der Waals surface area contributed by atoms with Crippen LogP contribution in [0.1, 0.15) is 27.9 Å². The molecule has 1 aromatic carbocycles. The average molecular weight is 385 g/mol. The zero-order valence-electron chi connectivity index (χ0n) is 14.9. The molecule has 0 aliphatic heterocycles. The number of rotatable bonds is 6. The topological polar surface area (TPSA) is 93.2 Å². The molecule has 3 rings (SSSR count). The van der Waals surface area contributed by atoms with Crippen LogP contribution in [0.25, 0.3) is 5.69 Å². The summed E-state index contributed by atoms with van der Waals surface area (Å²) < 4.78 is 6.72. The lowest BCUT2D eigenvalue weighted by molar-refractivity contribution is -0.129. The van der Waals surface area contributed by atoms with Crippen LogP contribution in [-0.2, 0) is 16.1 Å². The van der Waals surface area contributed by atoms with E-state index < -0.39 is 12.1 Å². The molecule has 0 aliphatic carbocycles. The van der Waals surface area contributed by atoms with Crippen LogP contribution in [0.4, 0.5) is 0 Å². The maximum absolute atomic E-state index is 12.2. The Morgan fingerprint density at radius 2 is 2.00 bits per heavy atom. The number of benzene rings is 1. The molecular formula is C19H19N3O4S. The number of imidazole rings is 1. The van der Waals surface area contributed by atoms with Crippen molar-refractivity contribution in [1.29, 1.82) is 0 Å². The van der Waals surface area contributed by atoms with Crippen molar-refractivity contribution < 1.29 is 14.3 Å². The third-order valence-electron chi connectivity index (χ3n) is 3.99. The molecule has 2 aromatic heterocycles. The molecule has 0 saturated carbocycles. The summed E-state index contributed by atoms with van der Waals surface area (Å²) in [6, 6.07) is 10.3. The van der Waals surface area contributed by atoms with Gasteiger partial charge in [-0.15, -0.1) is 11.3 Å². The van der Waals surface area contributed by atoms with E-state index in [1.165, 1.54) is 11.5 Å². The number of nitrogens with one attached hydrogen (secondary N) is 2. The average Bonchev–Trinajstić information content (AvgIpc) is 3.29. The van der Waals surface area contributed by atoms with E-state index in [0.29, 0.717) is 17.8 Å². The molecule has 0 radical (unpaired) electrons. The number of carbonyl (C=O) groups is 2. The summed E-state index contributed by atoms with van der Waals surface area (Å²) in [6.07, 6.45) is 0.702. The van der Waals surface area contributed by atoms with Gasteiger partial charge in [0.05, 0.1) is 17.8 Å². The Hall–Kier alpha value is -3.13. The fourth-order valence-electron chi connectivity index (χ4n) is 2.54. The number of aryl methyl sites for hydroxylation is 1. The normalized spacial score (nSPS) is 11.8. The van der Waals surface area contributed by atoms with Gasteiger partial charge in [-0.05, 0) is 49.6 Å². The first-order valence-electron chi connectivity index (χ1n) is 8.34. The van der Waals surface area contributed by atoms with Gasteiger partial charge >= 0.3 is 11.7 Å². The van der Waals surface area contributed by atoms with Gasteiger partial charge in [0, 0.05) is 16.8 Å². The van der Waals surface area contributed by atoms with E-state index in [1.54, 1.807) is 48.7 Å². The number of aromatic nitrogens is 2. The number of nitrogens with zero attached hydrogens (tertiary/aromatic N) is 1. The smallest absolute Gasteiger partial charge is 0.338 e. The standard InChI is InChI=1S/C19H19N3O4S/c1-12-10-21-19(25)22(12)15-7-5-14(6-8-15)18(24)26-13(2)17(23)20-11-16-4-3-9-27-16/h3-10,13H,11H2,1-2H3,(H,20,23)(H,21,25). The zero-order valence-corrected chi connectivity index (χ0v) is 15.7. The van der Waals surface area contributed by atoms with E-state index in [1.807, 2.05) is 17.5 Å². The minimum absolute atomic E-state index is 0.251. The van der Waals surface area contributed by atoms with Crippen LogP contribution in [0.5, 0.6) is 0 Å². The van der Waals surface area contributed by atoms with Crippen LogP contribution in [0, 0.1) is 6.92 Å². The fourth-order valence-corrected chi connectivity index (χ4v) is 3.18. The molecular weight excluding hydrogens is 366 g/mol. The van der Waals surface area contributed by atoms with Crippen molar-refractivity contribution in [1.82, 2.24) is 14.9 Å². The van der Waals surface area contributed by atoms with Crippen LogP contribution in [0.15, 0.2) is 52.8 Å². The van der Waals surface area contributed by atoms with Crippen molar-refractivity contribution in [2.75, 3.05) is 0 Å². The van der Waals surface area contributed by atoms with E-state index >= 15 is 0 Å². The highest BCUT2D eigenvalue weighted by Gasteiger charge is 2.19. The predicted octanol–water partition coefficient (Wildman–Crippen LogP) is 2.40. The third kappa shape index (κ3) is 4.35. The van der Waals surface area contributed by atoms with Crippen molar-refractivity contribution >= 4 is 23.2 Å². The minimum atomic E-state index is -0.910. The van der Waals surface area contributed by atoms with Crippen molar-refractivity contribution in [2.45, 2.75) is 26.5 Å². The van der Waals surface area contributed by atoms with Crippen LogP contribution >= 0.6 is 11.3 Å². The van der Waals surface area contributed by atoms with Crippen LogP contribution in [0.2, 0.25) is 0 Å². The van der Waals surface area contributed by atoms with Crippen molar-refractivity contribution in [2.24, 2.45) is 0 Å². The quantitative estimate of drug-likeness (QED) is 0.637. The van der Waals surface area contributed by atoms with E-state index in [0.717, 1.165) is 10.6 Å². The SMILES string of the molecule is Cc1c[nH]c(=O)n1-c1ccc(C(=O)OC(C)C(=O)NCc2cccs2)cc1. The molecule has 7 nitrogen and oxygen atoms in total. The van der Waals surface area contributed by atoms with Gasteiger partial charge in [-0.2, -0.15) is 0 Å². The summed E-state index contributed by atoms with van der Waals surface area (Å²) in [5.74, 6) is -0.957. The van der Waals surface area contributed by atoms with E-state index in [9.17, 15) is 14.4 Å². The molecule has 0 spiro atoms.